The number of benzene rings is 2. The van der Waals surface area contributed by atoms with E-state index in [4.69, 9.17) is 10.00 Å². The van der Waals surface area contributed by atoms with Gasteiger partial charge in [0.1, 0.15) is 11.8 Å². The van der Waals surface area contributed by atoms with Crippen molar-refractivity contribution in [1.82, 2.24) is 9.97 Å². The van der Waals surface area contributed by atoms with Gasteiger partial charge in [0.25, 0.3) is 5.91 Å². The lowest BCUT2D eigenvalue weighted by Crippen LogP contribution is -2.47. The van der Waals surface area contributed by atoms with E-state index in [0.717, 1.165) is 37.6 Å². The van der Waals surface area contributed by atoms with Gasteiger partial charge in [-0.1, -0.05) is 0 Å². The van der Waals surface area contributed by atoms with Gasteiger partial charge in [-0.3, -0.25) is 4.79 Å². The van der Waals surface area contributed by atoms with Crippen molar-refractivity contribution in [3.63, 3.8) is 0 Å². The molecule has 0 atom stereocenters. The van der Waals surface area contributed by atoms with Gasteiger partial charge in [-0.25, -0.2) is 9.97 Å². The van der Waals surface area contributed by atoms with E-state index in [1.807, 2.05) is 30.3 Å². The standard InChI is InChI=1S/C23H22N6O2/c1-31-21-8-2-18(3-9-21)22(30)27-19-4-6-20(7-5-19)28-10-12-29(13-11-28)23-25-15-17(14-24)16-26-23/h2-9,15-16H,10-13H2,1H3,(H,27,30). The normalized spacial score (nSPS) is 13.4. The Morgan fingerprint density at radius 3 is 2.16 bits per heavy atom. The number of carbonyl (C=O) groups is 1. The molecule has 0 saturated carbocycles. The molecule has 156 valence electrons. The van der Waals surface area contributed by atoms with E-state index >= 15 is 0 Å². The number of piperazine rings is 1. The van der Waals surface area contributed by atoms with Gasteiger partial charge in [0.15, 0.2) is 0 Å². The summed E-state index contributed by atoms with van der Waals surface area (Å²) in [5.41, 5.74) is 2.88. The third-order valence-corrected chi connectivity index (χ3v) is 5.17. The summed E-state index contributed by atoms with van der Waals surface area (Å²) >= 11 is 0. The fourth-order valence-corrected chi connectivity index (χ4v) is 3.41. The molecule has 0 radical (unpaired) electrons. The Bertz CT molecular complexity index is 1070. The van der Waals surface area contributed by atoms with Crippen LogP contribution in [-0.4, -0.2) is 49.2 Å². The minimum Gasteiger partial charge on any atom is -0.497 e. The summed E-state index contributed by atoms with van der Waals surface area (Å²) in [7, 11) is 1.59. The van der Waals surface area contributed by atoms with Gasteiger partial charge in [0.05, 0.1) is 25.1 Å². The molecule has 31 heavy (non-hydrogen) atoms. The highest BCUT2D eigenvalue weighted by Gasteiger charge is 2.19. The van der Waals surface area contributed by atoms with Crippen molar-refractivity contribution in [3.8, 4) is 11.8 Å². The summed E-state index contributed by atoms with van der Waals surface area (Å²) < 4.78 is 5.12. The Morgan fingerprint density at radius 1 is 0.968 bits per heavy atom. The molecule has 1 aliphatic rings. The quantitative estimate of drug-likeness (QED) is 0.686. The number of hydrogen-bond donors (Lipinski definition) is 1. The van der Waals surface area contributed by atoms with Crippen molar-refractivity contribution in [1.29, 1.82) is 5.26 Å². The Morgan fingerprint density at radius 2 is 1.58 bits per heavy atom. The molecule has 8 heteroatoms. The van der Waals surface area contributed by atoms with E-state index < -0.39 is 0 Å². The number of rotatable bonds is 5. The number of ether oxygens (including phenoxy) is 1. The van der Waals surface area contributed by atoms with Gasteiger partial charge in [0, 0.05) is 43.1 Å². The van der Waals surface area contributed by atoms with Crippen LogP contribution >= 0.6 is 0 Å². The van der Waals surface area contributed by atoms with E-state index in [2.05, 4.69) is 25.1 Å². The average Bonchev–Trinajstić information content (AvgIpc) is 2.85. The van der Waals surface area contributed by atoms with Crippen LogP contribution in [0.25, 0.3) is 0 Å². The lowest BCUT2D eigenvalue weighted by Gasteiger charge is -2.36. The number of carbonyl (C=O) groups excluding carboxylic acids is 1. The van der Waals surface area contributed by atoms with Gasteiger partial charge in [-0.05, 0) is 48.5 Å². The van der Waals surface area contributed by atoms with Gasteiger partial charge in [-0.15, -0.1) is 0 Å². The second-order valence-corrected chi connectivity index (χ2v) is 7.09. The Balaban J connectivity index is 1.33. The molecule has 0 spiro atoms. The summed E-state index contributed by atoms with van der Waals surface area (Å²) in [5, 5.41) is 11.8. The number of amides is 1. The zero-order chi connectivity index (χ0) is 21.6. The van der Waals surface area contributed by atoms with Crippen LogP contribution in [-0.2, 0) is 0 Å². The van der Waals surface area contributed by atoms with Crippen LogP contribution in [0, 0.1) is 11.3 Å². The van der Waals surface area contributed by atoms with Crippen molar-refractivity contribution in [2.24, 2.45) is 0 Å². The van der Waals surface area contributed by atoms with Crippen molar-refractivity contribution in [3.05, 3.63) is 72.1 Å². The number of anilines is 3. The highest BCUT2D eigenvalue weighted by molar-refractivity contribution is 6.04. The van der Waals surface area contributed by atoms with E-state index in [1.54, 1.807) is 43.8 Å². The molecule has 1 aromatic heterocycles. The summed E-state index contributed by atoms with van der Waals surface area (Å²) in [6, 6.07) is 16.9. The SMILES string of the molecule is COc1ccc(C(=O)Nc2ccc(N3CCN(c4ncc(C#N)cn4)CC3)cc2)cc1. The molecule has 1 aliphatic heterocycles. The van der Waals surface area contributed by atoms with Crippen molar-refractivity contribution in [2.75, 3.05) is 48.4 Å². The molecule has 2 heterocycles. The molecule has 1 fully saturated rings. The number of nitriles is 1. The first-order valence-electron chi connectivity index (χ1n) is 9.94. The highest BCUT2D eigenvalue weighted by atomic mass is 16.5. The van der Waals surface area contributed by atoms with Crippen LogP contribution in [0.3, 0.4) is 0 Å². The molecule has 3 aromatic rings. The van der Waals surface area contributed by atoms with Crippen LogP contribution in [0.1, 0.15) is 15.9 Å². The molecule has 1 amide bonds. The molecule has 4 rings (SSSR count). The maximum absolute atomic E-state index is 12.4. The summed E-state index contributed by atoms with van der Waals surface area (Å²) in [6.45, 7) is 3.26. The Hall–Kier alpha value is -4.12. The van der Waals surface area contributed by atoms with E-state index in [0.29, 0.717) is 22.8 Å². The Kier molecular flexibility index (Phi) is 5.94. The summed E-state index contributed by atoms with van der Waals surface area (Å²) in [6.07, 6.45) is 3.10. The Labute approximate surface area is 180 Å². The molecule has 0 aliphatic carbocycles. The zero-order valence-electron chi connectivity index (χ0n) is 17.2. The third kappa shape index (κ3) is 4.73. The molecule has 2 aromatic carbocycles. The second kappa shape index (κ2) is 9.13. The predicted octanol–water partition coefficient (Wildman–Crippen LogP) is 2.94. The largest absolute Gasteiger partial charge is 0.497 e. The lowest BCUT2D eigenvalue weighted by molar-refractivity contribution is 0.102. The number of nitrogens with zero attached hydrogens (tertiary/aromatic N) is 5. The van der Waals surface area contributed by atoms with Crippen molar-refractivity contribution >= 4 is 23.2 Å². The van der Waals surface area contributed by atoms with E-state index in [-0.39, 0.29) is 5.91 Å². The molecule has 0 unspecified atom stereocenters. The molecule has 0 bridgehead atoms. The molecular weight excluding hydrogens is 392 g/mol. The van der Waals surface area contributed by atoms with E-state index in [9.17, 15) is 4.79 Å². The fraction of sp³-hybridized carbons (Fsp3) is 0.217. The number of hydrogen-bond acceptors (Lipinski definition) is 7. The number of nitrogens with one attached hydrogen (secondary N) is 1. The van der Waals surface area contributed by atoms with Gasteiger partial charge >= 0.3 is 0 Å². The van der Waals surface area contributed by atoms with Crippen LogP contribution in [0.5, 0.6) is 5.75 Å². The topological polar surface area (TPSA) is 94.4 Å². The molecule has 1 saturated heterocycles. The van der Waals surface area contributed by atoms with Crippen LogP contribution in [0.4, 0.5) is 17.3 Å². The molecular formula is C23H22N6O2. The van der Waals surface area contributed by atoms with Crippen molar-refractivity contribution < 1.29 is 9.53 Å². The first-order valence-corrected chi connectivity index (χ1v) is 9.94. The monoisotopic (exact) mass is 414 g/mol. The maximum Gasteiger partial charge on any atom is 0.255 e. The molecule has 1 N–H and O–H groups in total. The second-order valence-electron chi connectivity index (χ2n) is 7.09. The zero-order valence-corrected chi connectivity index (χ0v) is 17.2. The van der Waals surface area contributed by atoms with E-state index in [1.165, 1.54) is 0 Å². The molecule has 8 nitrogen and oxygen atoms in total. The fourth-order valence-electron chi connectivity index (χ4n) is 3.41. The van der Waals surface area contributed by atoms with Crippen LogP contribution < -0.4 is 19.9 Å². The lowest BCUT2D eigenvalue weighted by atomic mass is 10.2. The minimum atomic E-state index is -0.161. The van der Waals surface area contributed by atoms with Gasteiger partial charge in [-0.2, -0.15) is 5.26 Å². The smallest absolute Gasteiger partial charge is 0.255 e. The average molecular weight is 414 g/mol. The van der Waals surface area contributed by atoms with Crippen LogP contribution in [0.15, 0.2) is 60.9 Å². The summed E-state index contributed by atoms with van der Waals surface area (Å²) in [4.78, 5) is 25.4. The number of aromatic nitrogens is 2. The third-order valence-electron chi connectivity index (χ3n) is 5.17. The van der Waals surface area contributed by atoms with Gasteiger partial charge < -0.3 is 19.9 Å². The first-order chi connectivity index (χ1) is 15.2. The minimum absolute atomic E-state index is 0.161. The van der Waals surface area contributed by atoms with Crippen LogP contribution in [0.2, 0.25) is 0 Å². The predicted molar refractivity (Wildman–Crippen MR) is 119 cm³/mol. The van der Waals surface area contributed by atoms with Crippen molar-refractivity contribution in [2.45, 2.75) is 0 Å². The number of methoxy groups -OCH3 is 1. The van der Waals surface area contributed by atoms with Gasteiger partial charge in [0.2, 0.25) is 5.95 Å². The highest BCUT2D eigenvalue weighted by Crippen LogP contribution is 2.21. The summed E-state index contributed by atoms with van der Waals surface area (Å²) in [5.74, 6) is 1.20. The first kappa shape index (κ1) is 20.2. The maximum atomic E-state index is 12.4.